The van der Waals surface area contributed by atoms with Crippen molar-refractivity contribution in [3.05, 3.63) is 11.5 Å². The summed E-state index contributed by atoms with van der Waals surface area (Å²) in [6.45, 7) is 1.45. The van der Waals surface area contributed by atoms with Crippen molar-refractivity contribution in [2.75, 3.05) is 31.4 Å². The molecule has 0 unspecified atom stereocenters. The van der Waals surface area contributed by atoms with Crippen LogP contribution >= 0.6 is 11.6 Å². The summed E-state index contributed by atoms with van der Waals surface area (Å²) in [6, 6.07) is 0.197. The minimum atomic E-state index is -2.36. The van der Waals surface area contributed by atoms with E-state index in [-0.39, 0.29) is 17.1 Å². The van der Waals surface area contributed by atoms with Crippen molar-refractivity contribution in [3.63, 3.8) is 0 Å². The normalized spacial score (nSPS) is 17.0. The fourth-order valence-electron chi connectivity index (χ4n) is 2.62. The Morgan fingerprint density at radius 3 is 2.83 bits per heavy atom. The van der Waals surface area contributed by atoms with Gasteiger partial charge in [0.2, 0.25) is 17.3 Å². The second kappa shape index (κ2) is 6.85. The van der Waals surface area contributed by atoms with Gasteiger partial charge in [-0.2, -0.15) is 9.50 Å². The molecule has 2 aromatic heterocycles. The number of nitrogens with zero attached hydrogens (tertiary/aromatic N) is 5. The molecule has 126 valence electrons. The third-order valence-corrected chi connectivity index (χ3v) is 4.64. The molecule has 3 rings (SSSR count). The Hall–Kier alpha value is -1.65. The highest BCUT2D eigenvalue weighted by Gasteiger charge is 2.21. The first-order valence-electron chi connectivity index (χ1n) is 7.12. The first kappa shape index (κ1) is 16.2. The number of methoxy groups -OCH3 is 1. The van der Waals surface area contributed by atoms with E-state index in [0.717, 1.165) is 25.9 Å². The number of fused-ring (bicyclic) bond motifs is 1. The molecule has 1 aliphatic rings. The summed E-state index contributed by atoms with van der Waals surface area (Å²) < 4.78 is 28.2. The molecule has 9 nitrogen and oxygen atoms in total. The van der Waals surface area contributed by atoms with Gasteiger partial charge in [-0.3, -0.25) is 4.90 Å². The van der Waals surface area contributed by atoms with Gasteiger partial charge in [0.15, 0.2) is 15.9 Å². The molecule has 0 radical (unpaired) electrons. The molecule has 1 N–H and O–H groups in total. The topological polar surface area (TPSA) is 102 Å². The van der Waals surface area contributed by atoms with Crippen LogP contribution in [0.15, 0.2) is 6.33 Å². The van der Waals surface area contributed by atoms with E-state index < -0.39 is 10.7 Å². The van der Waals surface area contributed by atoms with Gasteiger partial charge in [-0.15, -0.1) is 5.10 Å². The van der Waals surface area contributed by atoms with Gasteiger partial charge in [0, 0.05) is 19.1 Å². The lowest BCUT2D eigenvalue weighted by molar-refractivity contribution is 0.250. The summed E-state index contributed by atoms with van der Waals surface area (Å²) in [6.07, 6.45) is 3.13. The number of anilines is 1. The molecule has 0 atom stereocenters. The zero-order valence-corrected chi connectivity index (χ0v) is 14.1. The summed E-state index contributed by atoms with van der Waals surface area (Å²) in [7, 11) is -0.863. The number of halogens is 1. The Kier molecular flexibility index (Phi) is 4.83. The van der Waals surface area contributed by atoms with Crippen molar-refractivity contribution in [1.82, 2.24) is 24.5 Å². The summed E-state index contributed by atoms with van der Waals surface area (Å²) in [5, 5.41) is 7.81. The van der Waals surface area contributed by atoms with Crippen molar-refractivity contribution >= 4 is 33.9 Å². The smallest absolute Gasteiger partial charge is 0.243 e. The van der Waals surface area contributed by atoms with Gasteiger partial charge in [-0.1, -0.05) is 11.6 Å². The van der Waals surface area contributed by atoms with Gasteiger partial charge in [0.1, 0.15) is 6.33 Å². The van der Waals surface area contributed by atoms with Gasteiger partial charge in [0.05, 0.1) is 13.0 Å². The van der Waals surface area contributed by atoms with Crippen molar-refractivity contribution in [1.29, 1.82) is 0 Å². The summed E-state index contributed by atoms with van der Waals surface area (Å²) in [5.74, 6) is 0.972. The quantitative estimate of drug-likeness (QED) is 0.577. The molecular weight excluding hydrogens is 344 g/mol. The second-order valence-corrected chi connectivity index (χ2v) is 6.59. The first-order chi connectivity index (χ1) is 11.1. The number of aromatic nitrogens is 4. The lowest BCUT2D eigenvalue weighted by Crippen LogP contribution is -2.40. The van der Waals surface area contributed by atoms with Crippen molar-refractivity contribution in [2.45, 2.75) is 18.9 Å². The number of thiol groups is 1. The van der Waals surface area contributed by atoms with Crippen LogP contribution < -0.4 is 10.1 Å². The molecule has 0 saturated carbocycles. The number of ether oxygens (including phenoxy) is 1. The number of nitrogens with one attached hydrogen (secondary N) is 1. The lowest BCUT2D eigenvalue weighted by atomic mass is 10.1. The zero-order chi connectivity index (χ0) is 16.4. The maximum absolute atomic E-state index is 10.8. The van der Waals surface area contributed by atoms with E-state index >= 15 is 0 Å². The Balaban J connectivity index is 1.68. The van der Waals surface area contributed by atoms with E-state index in [2.05, 4.69) is 20.4 Å². The predicted octanol–water partition coefficient (Wildman–Crippen LogP) is 0.231. The van der Waals surface area contributed by atoms with Crippen LogP contribution in [-0.2, 0) is 10.7 Å². The van der Waals surface area contributed by atoms with E-state index in [0.29, 0.717) is 17.3 Å². The third kappa shape index (κ3) is 3.65. The number of piperidine rings is 1. The molecule has 23 heavy (non-hydrogen) atoms. The van der Waals surface area contributed by atoms with Crippen LogP contribution in [0.25, 0.3) is 5.65 Å². The third-order valence-electron chi connectivity index (χ3n) is 3.74. The van der Waals surface area contributed by atoms with Crippen molar-refractivity contribution in [3.8, 4) is 5.75 Å². The van der Waals surface area contributed by atoms with E-state index in [1.807, 2.05) is 4.90 Å². The molecule has 1 aliphatic heterocycles. The van der Waals surface area contributed by atoms with Crippen LogP contribution in [0.4, 0.5) is 5.95 Å². The average molecular weight is 361 g/mol. The molecular formula is C12H17ClN6O3S. The highest BCUT2D eigenvalue weighted by molar-refractivity contribution is 7.72. The summed E-state index contributed by atoms with van der Waals surface area (Å²) in [4.78, 5) is 10.3. The van der Waals surface area contributed by atoms with Crippen molar-refractivity contribution < 1.29 is 13.2 Å². The standard InChI is InChI=1S/C12H17ClN6O3S/c1-22-9-10(13)14-6-19-11(9)16-12(17-19)15-8-2-4-18(5-3-8)7-23(20)21/h6,8,23H,2-5,7H2,1H3,(H,15,17). The fraction of sp³-hybridized carbons (Fsp3) is 0.583. The van der Waals surface area contributed by atoms with E-state index in [1.165, 1.54) is 18.0 Å². The molecule has 11 heteroatoms. The molecule has 0 aliphatic carbocycles. The van der Waals surface area contributed by atoms with Gasteiger partial charge in [-0.25, -0.2) is 13.4 Å². The van der Waals surface area contributed by atoms with Crippen molar-refractivity contribution in [2.24, 2.45) is 0 Å². The van der Waals surface area contributed by atoms with Gasteiger partial charge in [-0.05, 0) is 12.8 Å². The lowest BCUT2D eigenvalue weighted by Gasteiger charge is -2.30. The molecule has 0 bridgehead atoms. The molecule has 0 amide bonds. The Bertz CT molecular complexity index is 763. The molecule has 1 fully saturated rings. The Morgan fingerprint density at radius 2 is 2.17 bits per heavy atom. The first-order valence-corrected chi connectivity index (χ1v) is 8.86. The van der Waals surface area contributed by atoms with Crippen LogP contribution in [0, 0.1) is 0 Å². The van der Waals surface area contributed by atoms with Gasteiger partial charge < -0.3 is 10.1 Å². The maximum Gasteiger partial charge on any atom is 0.243 e. The number of rotatable bonds is 5. The van der Waals surface area contributed by atoms with E-state index in [1.54, 1.807) is 0 Å². The monoisotopic (exact) mass is 360 g/mol. The Labute approximate surface area is 139 Å². The highest BCUT2D eigenvalue weighted by atomic mass is 35.5. The molecule has 2 aromatic rings. The average Bonchev–Trinajstić information content (AvgIpc) is 2.91. The number of hydrogen-bond acceptors (Lipinski definition) is 8. The van der Waals surface area contributed by atoms with E-state index in [4.69, 9.17) is 16.3 Å². The molecule has 3 heterocycles. The predicted molar refractivity (Wildman–Crippen MR) is 85.7 cm³/mol. The summed E-state index contributed by atoms with van der Waals surface area (Å²) in [5.41, 5.74) is 0.496. The van der Waals surface area contributed by atoms with Crippen LogP contribution in [0.5, 0.6) is 5.75 Å². The summed E-state index contributed by atoms with van der Waals surface area (Å²) >= 11 is 5.97. The van der Waals surface area contributed by atoms with E-state index in [9.17, 15) is 8.42 Å². The van der Waals surface area contributed by atoms with Crippen LogP contribution in [-0.4, -0.2) is 65.0 Å². The molecule has 0 aromatic carbocycles. The highest BCUT2D eigenvalue weighted by Crippen LogP contribution is 2.26. The largest absolute Gasteiger partial charge is 0.490 e. The van der Waals surface area contributed by atoms with Gasteiger partial charge in [0.25, 0.3) is 0 Å². The minimum absolute atomic E-state index is 0.121. The number of likely N-dealkylation sites (tertiary alicyclic amines) is 1. The zero-order valence-electron chi connectivity index (χ0n) is 12.5. The fourth-order valence-corrected chi connectivity index (χ4v) is 3.43. The number of hydrogen-bond donors (Lipinski definition) is 2. The van der Waals surface area contributed by atoms with Crippen LogP contribution in [0.3, 0.4) is 0 Å². The Morgan fingerprint density at radius 1 is 1.43 bits per heavy atom. The molecule has 1 saturated heterocycles. The second-order valence-electron chi connectivity index (χ2n) is 5.28. The van der Waals surface area contributed by atoms with Gasteiger partial charge >= 0.3 is 0 Å². The van der Waals surface area contributed by atoms with Crippen LogP contribution in [0.1, 0.15) is 12.8 Å². The molecule has 0 spiro atoms. The SMILES string of the molecule is COc1c(Cl)ncn2nc(NC3CCN(C[SH](=O)=O)CC3)nc12. The maximum atomic E-state index is 10.8. The van der Waals surface area contributed by atoms with Crippen LogP contribution in [0.2, 0.25) is 5.15 Å². The minimum Gasteiger partial charge on any atom is -0.490 e.